The zero-order valence-corrected chi connectivity index (χ0v) is 10.5. The predicted octanol–water partition coefficient (Wildman–Crippen LogP) is 2.13. The molecule has 102 valence electrons. The van der Waals surface area contributed by atoms with E-state index in [9.17, 15) is 9.59 Å². The lowest BCUT2D eigenvalue weighted by atomic mass is 10.1. The number of carboxylic acids is 1. The van der Waals surface area contributed by atoms with Crippen LogP contribution < -0.4 is 5.32 Å². The van der Waals surface area contributed by atoms with E-state index < -0.39 is 5.97 Å². The molecule has 0 radical (unpaired) electrons. The van der Waals surface area contributed by atoms with Gasteiger partial charge in [-0.2, -0.15) is 0 Å². The van der Waals surface area contributed by atoms with Gasteiger partial charge in [0.25, 0.3) is 5.91 Å². The molecule has 0 saturated carbocycles. The van der Waals surface area contributed by atoms with Gasteiger partial charge in [0, 0.05) is 11.3 Å². The zero-order valence-electron chi connectivity index (χ0n) is 10.5. The Morgan fingerprint density at radius 3 is 1.95 bits per heavy atom. The average molecular weight is 271 g/mol. The van der Waals surface area contributed by atoms with Crippen molar-refractivity contribution in [3.8, 4) is 0 Å². The summed E-state index contributed by atoms with van der Waals surface area (Å²) in [5.41, 5.74) is 1.87. The van der Waals surface area contributed by atoms with Crippen molar-refractivity contribution < 1.29 is 19.8 Å². The summed E-state index contributed by atoms with van der Waals surface area (Å²) in [6, 6.07) is 12.5. The molecule has 0 aliphatic rings. The molecule has 0 aliphatic heterocycles. The van der Waals surface area contributed by atoms with E-state index in [0.29, 0.717) is 11.3 Å². The molecule has 0 aliphatic carbocycles. The highest BCUT2D eigenvalue weighted by atomic mass is 16.4. The Morgan fingerprint density at radius 1 is 0.900 bits per heavy atom. The summed E-state index contributed by atoms with van der Waals surface area (Å²) in [6.45, 7) is -0.0507. The van der Waals surface area contributed by atoms with E-state index in [1.54, 1.807) is 24.3 Å². The number of aliphatic hydroxyl groups excluding tert-OH is 1. The fourth-order valence-corrected chi connectivity index (χ4v) is 1.66. The van der Waals surface area contributed by atoms with E-state index in [1.807, 2.05) is 0 Å². The summed E-state index contributed by atoms with van der Waals surface area (Å²) in [4.78, 5) is 22.7. The first-order chi connectivity index (χ1) is 9.60. The standard InChI is InChI=1S/C15H13NO4/c17-9-10-1-7-13(8-2-10)16-14(18)11-3-5-12(6-4-11)15(19)20/h1-8,17H,9H2,(H,16,18)(H,19,20). The van der Waals surface area contributed by atoms with E-state index >= 15 is 0 Å². The average Bonchev–Trinajstić information content (AvgIpc) is 2.48. The molecule has 2 aromatic carbocycles. The van der Waals surface area contributed by atoms with Crippen molar-refractivity contribution in [1.82, 2.24) is 0 Å². The highest BCUT2D eigenvalue weighted by molar-refractivity contribution is 6.04. The number of carbonyl (C=O) groups is 2. The molecule has 0 spiro atoms. The Bertz CT molecular complexity index is 617. The number of hydrogen-bond donors (Lipinski definition) is 3. The van der Waals surface area contributed by atoms with Crippen LogP contribution in [0, 0.1) is 0 Å². The number of aromatic carboxylic acids is 1. The second kappa shape index (κ2) is 5.99. The maximum Gasteiger partial charge on any atom is 0.335 e. The normalized spacial score (nSPS) is 10.1. The van der Waals surface area contributed by atoms with Crippen LogP contribution in [0.1, 0.15) is 26.3 Å². The third kappa shape index (κ3) is 3.21. The van der Waals surface area contributed by atoms with Gasteiger partial charge in [-0.05, 0) is 42.0 Å². The second-order valence-electron chi connectivity index (χ2n) is 4.19. The third-order valence-electron chi connectivity index (χ3n) is 2.79. The van der Waals surface area contributed by atoms with E-state index in [2.05, 4.69) is 5.32 Å². The van der Waals surface area contributed by atoms with Crippen molar-refractivity contribution in [2.24, 2.45) is 0 Å². The fourth-order valence-electron chi connectivity index (χ4n) is 1.66. The maximum absolute atomic E-state index is 11.9. The van der Waals surface area contributed by atoms with Crippen molar-refractivity contribution in [2.75, 3.05) is 5.32 Å². The summed E-state index contributed by atoms with van der Waals surface area (Å²) < 4.78 is 0. The summed E-state index contributed by atoms with van der Waals surface area (Å²) in [6.07, 6.45) is 0. The van der Waals surface area contributed by atoms with Gasteiger partial charge in [-0.25, -0.2) is 4.79 Å². The van der Waals surface area contributed by atoms with E-state index in [1.165, 1.54) is 24.3 Å². The minimum Gasteiger partial charge on any atom is -0.478 e. The highest BCUT2D eigenvalue weighted by Gasteiger charge is 2.08. The molecule has 0 atom stereocenters. The van der Waals surface area contributed by atoms with Crippen molar-refractivity contribution in [3.63, 3.8) is 0 Å². The molecule has 2 aromatic rings. The molecule has 3 N–H and O–H groups in total. The van der Waals surface area contributed by atoms with Gasteiger partial charge in [0.1, 0.15) is 0 Å². The number of carboxylic acid groups (broad SMARTS) is 1. The van der Waals surface area contributed by atoms with Crippen LogP contribution in [0.2, 0.25) is 0 Å². The Balaban J connectivity index is 2.08. The highest BCUT2D eigenvalue weighted by Crippen LogP contribution is 2.12. The molecule has 0 unspecified atom stereocenters. The molecule has 0 fully saturated rings. The van der Waals surface area contributed by atoms with Crippen LogP contribution in [0.15, 0.2) is 48.5 Å². The zero-order chi connectivity index (χ0) is 14.5. The van der Waals surface area contributed by atoms with Crippen LogP contribution in [-0.2, 0) is 6.61 Å². The quantitative estimate of drug-likeness (QED) is 0.795. The SMILES string of the molecule is O=C(O)c1ccc(C(=O)Nc2ccc(CO)cc2)cc1. The molecule has 20 heavy (non-hydrogen) atoms. The van der Waals surface area contributed by atoms with Gasteiger partial charge in [0.2, 0.25) is 0 Å². The lowest BCUT2D eigenvalue weighted by molar-refractivity contribution is 0.0696. The number of aliphatic hydroxyl groups is 1. The lowest BCUT2D eigenvalue weighted by Crippen LogP contribution is -2.12. The smallest absolute Gasteiger partial charge is 0.335 e. The first-order valence-corrected chi connectivity index (χ1v) is 5.94. The Hall–Kier alpha value is -2.66. The molecule has 1 amide bonds. The molecule has 0 aromatic heterocycles. The maximum atomic E-state index is 11.9. The number of carbonyl (C=O) groups excluding carboxylic acids is 1. The Morgan fingerprint density at radius 2 is 1.45 bits per heavy atom. The van der Waals surface area contributed by atoms with Crippen molar-refractivity contribution in [2.45, 2.75) is 6.61 Å². The van der Waals surface area contributed by atoms with E-state index in [-0.39, 0.29) is 18.1 Å². The topological polar surface area (TPSA) is 86.6 Å². The minimum absolute atomic E-state index is 0.0507. The van der Waals surface area contributed by atoms with Gasteiger partial charge in [-0.15, -0.1) is 0 Å². The summed E-state index contributed by atoms with van der Waals surface area (Å²) in [5.74, 6) is -1.35. The summed E-state index contributed by atoms with van der Waals surface area (Å²) in [7, 11) is 0. The van der Waals surface area contributed by atoms with Crippen molar-refractivity contribution in [1.29, 1.82) is 0 Å². The predicted molar refractivity (Wildman–Crippen MR) is 73.7 cm³/mol. The summed E-state index contributed by atoms with van der Waals surface area (Å²) >= 11 is 0. The first kappa shape index (κ1) is 13.8. The number of hydrogen-bond acceptors (Lipinski definition) is 3. The molecule has 5 nitrogen and oxygen atoms in total. The van der Waals surface area contributed by atoms with Crippen LogP contribution in [-0.4, -0.2) is 22.1 Å². The number of amides is 1. The first-order valence-electron chi connectivity index (χ1n) is 5.94. The van der Waals surface area contributed by atoms with Crippen LogP contribution in [0.3, 0.4) is 0 Å². The van der Waals surface area contributed by atoms with E-state index in [4.69, 9.17) is 10.2 Å². The minimum atomic E-state index is -1.03. The lowest BCUT2D eigenvalue weighted by Gasteiger charge is -2.06. The van der Waals surface area contributed by atoms with Crippen LogP contribution in [0.5, 0.6) is 0 Å². The monoisotopic (exact) mass is 271 g/mol. The molecule has 5 heteroatoms. The van der Waals surface area contributed by atoms with Crippen molar-refractivity contribution in [3.05, 3.63) is 65.2 Å². The van der Waals surface area contributed by atoms with E-state index in [0.717, 1.165) is 5.56 Å². The second-order valence-corrected chi connectivity index (χ2v) is 4.19. The molecular weight excluding hydrogens is 258 g/mol. The molecule has 0 bridgehead atoms. The Kier molecular flexibility index (Phi) is 4.12. The molecular formula is C15H13NO4. The van der Waals surface area contributed by atoms with Gasteiger partial charge in [-0.3, -0.25) is 4.79 Å². The number of benzene rings is 2. The molecule has 2 rings (SSSR count). The van der Waals surface area contributed by atoms with Gasteiger partial charge >= 0.3 is 5.97 Å². The van der Waals surface area contributed by atoms with Crippen molar-refractivity contribution >= 4 is 17.6 Å². The fraction of sp³-hybridized carbons (Fsp3) is 0.0667. The summed E-state index contributed by atoms with van der Waals surface area (Å²) in [5, 5.41) is 20.4. The van der Waals surface area contributed by atoms with Crippen LogP contribution in [0.4, 0.5) is 5.69 Å². The number of anilines is 1. The third-order valence-corrected chi connectivity index (χ3v) is 2.79. The largest absolute Gasteiger partial charge is 0.478 e. The number of rotatable bonds is 4. The molecule has 0 heterocycles. The van der Waals surface area contributed by atoms with Gasteiger partial charge in [-0.1, -0.05) is 12.1 Å². The van der Waals surface area contributed by atoms with Gasteiger partial charge < -0.3 is 15.5 Å². The van der Waals surface area contributed by atoms with Crippen LogP contribution in [0.25, 0.3) is 0 Å². The van der Waals surface area contributed by atoms with Gasteiger partial charge in [0.05, 0.1) is 12.2 Å². The van der Waals surface area contributed by atoms with Gasteiger partial charge in [0.15, 0.2) is 0 Å². The number of nitrogens with one attached hydrogen (secondary N) is 1. The van der Waals surface area contributed by atoms with Crippen LogP contribution >= 0.6 is 0 Å². The molecule has 0 saturated heterocycles. The Labute approximate surface area is 115 Å².